The molecule has 1 aliphatic carbocycles. The highest BCUT2D eigenvalue weighted by Crippen LogP contribution is 2.33. The fourth-order valence-corrected chi connectivity index (χ4v) is 3.86. The van der Waals surface area contributed by atoms with E-state index in [9.17, 15) is 4.79 Å². The van der Waals surface area contributed by atoms with Crippen molar-refractivity contribution < 1.29 is 4.79 Å². The van der Waals surface area contributed by atoms with Crippen molar-refractivity contribution in [2.75, 3.05) is 13.1 Å². The van der Waals surface area contributed by atoms with Crippen LogP contribution in [-0.2, 0) is 6.54 Å². The highest BCUT2D eigenvalue weighted by atomic mass is 35.5. The van der Waals surface area contributed by atoms with Gasteiger partial charge in [-0.2, -0.15) is 0 Å². The van der Waals surface area contributed by atoms with Gasteiger partial charge in [-0.1, -0.05) is 11.6 Å². The lowest BCUT2D eigenvalue weighted by Crippen LogP contribution is -2.39. The molecule has 1 atom stereocenters. The SMILES string of the molecule is Cc1cc(C(=O)N2CCC[C@@H](c3nccn3CC3CC3)C2)ccc1Cl. The van der Waals surface area contributed by atoms with Gasteiger partial charge in [0.05, 0.1) is 0 Å². The number of halogens is 1. The predicted molar refractivity (Wildman–Crippen MR) is 99.0 cm³/mol. The number of carbonyl (C=O) groups excluding carboxylic acids is 1. The molecule has 1 aromatic carbocycles. The van der Waals surface area contributed by atoms with Gasteiger partial charge in [-0.05, 0) is 62.3 Å². The Hall–Kier alpha value is -1.81. The molecule has 0 N–H and O–H groups in total. The Labute approximate surface area is 153 Å². The minimum absolute atomic E-state index is 0.102. The van der Waals surface area contributed by atoms with Crippen LogP contribution in [0.5, 0.6) is 0 Å². The van der Waals surface area contributed by atoms with Crippen LogP contribution in [0.3, 0.4) is 0 Å². The number of imidazole rings is 1. The molecule has 2 heterocycles. The van der Waals surface area contributed by atoms with Gasteiger partial charge in [0, 0.05) is 48.5 Å². The molecule has 4 rings (SSSR count). The zero-order chi connectivity index (χ0) is 17.4. The third kappa shape index (κ3) is 3.59. The van der Waals surface area contributed by atoms with Gasteiger partial charge in [0.2, 0.25) is 0 Å². The second-order valence-electron chi connectivity index (χ2n) is 7.44. The largest absolute Gasteiger partial charge is 0.338 e. The topological polar surface area (TPSA) is 38.1 Å². The van der Waals surface area contributed by atoms with Gasteiger partial charge < -0.3 is 9.47 Å². The van der Waals surface area contributed by atoms with Crippen LogP contribution in [0.2, 0.25) is 5.02 Å². The number of benzene rings is 1. The minimum Gasteiger partial charge on any atom is -0.338 e. The first kappa shape index (κ1) is 16.6. The highest BCUT2D eigenvalue weighted by Gasteiger charge is 2.29. The molecule has 0 spiro atoms. The zero-order valence-electron chi connectivity index (χ0n) is 14.6. The van der Waals surface area contributed by atoms with Crippen LogP contribution in [0.25, 0.3) is 0 Å². The van der Waals surface area contributed by atoms with Crippen LogP contribution >= 0.6 is 11.6 Å². The molecule has 132 valence electrons. The zero-order valence-corrected chi connectivity index (χ0v) is 15.4. The standard InChI is InChI=1S/C20H24ClN3O/c1-14-11-16(6-7-18(14)21)20(25)24-9-2-3-17(13-24)19-22-8-10-23(19)12-15-4-5-15/h6-8,10-11,15,17H,2-5,9,12-13H2,1H3/t17-/m1/s1. The fourth-order valence-electron chi connectivity index (χ4n) is 3.75. The summed E-state index contributed by atoms with van der Waals surface area (Å²) in [4.78, 5) is 19.5. The molecule has 1 aliphatic heterocycles. The van der Waals surface area contributed by atoms with Crippen LogP contribution in [-0.4, -0.2) is 33.4 Å². The Bertz CT molecular complexity index is 781. The van der Waals surface area contributed by atoms with E-state index in [1.165, 1.54) is 12.8 Å². The number of nitrogens with zero attached hydrogens (tertiary/aromatic N) is 3. The molecule has 2 aliphatic rings. The third-order valence-corrected chi connectivity index (χ3v) is 5.80. The van der Waals surface area contributed by atoms with Gasteiger partial charge in [-0.3, -0.25) is 4.79 Å². The Morgan fingerprint density at radius 2 is 2.16 bits per heavy atom. The average Bonchev–Trinajstić information content (AvgIpc) is 3.32. The maximum absolute atomic E-state index is 12.9. The number of hydrogen-bond acceptors (Lipinski definition) is 2. The molecule has 25 heavy (non-hydrogen) atoms. The lowest BCUT2D eigenvalue weighted by molar-refractivity contribution is 0.0703. The van der Waals surface area contributed by atoms with Crippen LogP contribution in [0.1, 0.15) is 53.3 Å². The summed E-state index contributed by atoms with van der Waals surface area (Å²) in [6.45, 7) is 4.59. The number of amides is 1. The number of hydrogen-bond donors (Lipinski definition) is 0. The van der Waals surface area contributed by atoms with Gasteiger partial charge in [-0.15, -0.1) is 0 Å². The molecule has 0 radical (unpaired) electrons. The van der Waals surface area contributed by atoms with E-state index in [0.717, 1.165) is 55.3 Å². The van der Waals surface area contributed by atoms with Crippen molar-refractivity contribution in [1.82, 2.24) is 14.5 Å². The molecular formula is C20H24ClN3O. The Morgan fingerprint density at radius 1 is 1.32 bits per heavy atom. The molecule has 1 amide bonds. The first-order valence-electron chi connectivity index (χ1n) is 9.18. The van der Waals surface area contributed by atoms with Crippen LogP contribution in [0.4, 0.5) is 0 Å². The molecule has 1 aromatic heterocycles. The number of likely N-dealkylation sites (tertiary alicyclic amines) is 1. The summed E-state index contributed by atoms with van der Waals surface area (Å²) in [7, 11) is 0. The van der Waals surface area contributed by atoms with Crippen molar-refractivity contribution in [2.45, 2.75) is 45.1 Å². The maximum Gasteiger partial charge on any atom is 0.253 e. The van der Waals surface area contributed by atoms with Crippen molar-refractivity contribution in [3.8, 4) is 0 Å². The predicted octanol–water partition coefficient (Wildman–Crippen LogP) is 4.27. The van der Waals surface area contributed by atoms with E-state index in [1.54, 1.807) is 0 Å². The van der Waals surface area contributed by atoms with Crippen molar-refractivity contribution in [1.29, 1.82) is 0 Å². The summed E-state index contributed by atoms with van der Waals surface area (Å²) in [5.74, 6) is 2.41. The first-order chi connectivity index (χ1) is 12.1. The number of aromatic nitrogens is 2. The number of rotatable bonds is 4. The summed E-state index contributed by atoms with van der Waals surface area (Å²) in [6, 6.07) is 5.53. The first-order valence-corrected chi connectivity index (χ1v) is 9.56. The van der Waals surface area contributed by atoms with Crippen molar-refractivity contribution in [3.05, 3.63) is 52.6 Å². The lowest BCUT2D eigenvalue weighted by atomic mass is 9.96. The summed E-state index contributed by atoms with van der Waals surface area (Å²) in [5, 5.41) is 0.704. The lowest BCUT2D eigenvalue weighted by Gasteiger charge is -2.33. The Morgan fingerprint density at radius 3 is 2.92 bits per heavy atom. The Kier molecular flexibility index (Phi) is 4.55. The van der Waals surface area contributed by atoms with Gasteiger partial charge in [0.1, 0.15) is 5.82 Å². The van der Waals surface area contributed by atoms with Crippen LogP contribution in [0, 0.1) is 12.8 Å². The monoisotopic (exact) mass is 357 g/mol. The van der Waals surface area contributed by atoms with E-state index < -0.39 is 0 Å². The summed E-state index contributed by atoms with van der Waals surface area (Å²) in [6.07, 6.45) is 8.80. The number of carbonyl (C=O) groups is 1. The fraction of sp³-hybridized carbons (Fsp3) is 0.500. The van der Waals surface area contributed by atoms with Crippen LogP contribution in [0.15, 0.2) is 30.6 Å². The normalized spacial score (nSPS) is 20.7. The molecule has 4 nitrogen and oxygen atoms in total. The van der Waals surface area contributed by atoms with Crippen molar-refractivity contribution in [3.63, 3.8) is 0 Å². The quantitative estimate of drug-likeness (QED) is 0.819. The van der Waals surface area contributed by atoms with E-state index in [1.807, 2.05) is 36.2 Å². The molecule has 1 saturated carbocycles. The van der Waals surface area contributed by atoms with E-state index >= 15 is 0 Å². The molecule has 1 saturated heterocycles. The van der Waals surface area contributed by atoms with E-state index in [-0.39, 0.29) is 5.91 Å². The summed E-state index contributed by atoms with van der Waals surface area (Å²) in [5.41, 5.74) is 1.67. The smallest absolute Gasteiger partial charge is 0.253 e. The Balaban J connectivity index is 1.49. The number of piperidine rings is 1. The van der Waals surface area contributed by atoms with Gasteiger partial charge >= 0.3 is 0 Å². The summed E-state index contributed by atoms with van der Waals surface area (Å²) < 4.78 is 2.31. The van der Waals surface area contributed by atoms with Gasteiger partial charge in [0.15, 0.2) is 0 Å². The molecule has 2 fully saturated rings. The van der Waals surface area contributed by atoms with Crippen molar-refractivity contribution in [2.24, 2.45) is 5.92 Å². The summed E-state index contributed by atoms with van der Waals surface area (Å²) >= 11 is 6.09. The van der Waals surface area contributed by atoms with Gasteiger partial charge in [-0.25, -0.2) is 4.98 Å². The second-order valence-corrected chi connectivity index (χ2v) is 7.84. The molecule has 2 aromatic rings. The maximum atomic E-state index is 12.9. The highest BCUT2D eigenvalue weighted by molar-refractivity contribution is 6.31. The van der Waals surface area contributed by atoms with Crippen molar-refractivity contribution >= 4 is 17.5 Å². The molecule has 0 unspecified atom stereocenters. The van der Waals surface area contributed by atoms with E-state index in [0.29, 0.717) is 10.9 Å². The molecule has 5 heteroatoms. The van der Waals surface area contributed by atoms with Crippen LogP contribution < -0.4 is 0 Å². The molecule has 0 bridgehead atoms. The van der Waals surface area contributed by atoms with E-state index in [4.69, 9.17) is 11.6 Å². The third-order valence-electron chi connectivity index (χ3n) is 5.38. The van der Waals surface area contributed by atoms with Gasteiger partial charge in [0.25, 0.3) is 5.91 Å². The average molecular weight is 358 g/mol. The number of aryl methyl sites for hydroxylation is 1. The second kappa shape index (κ2) is 6.83. The minimum atomic E-state index is 0.102. The van der Waals surface area contributed by atoms with E-state index in [2.05, 4.69) is 15.7 Å². The molecular weight excluding hydrogens is 334 g/mol.